The van der Waals surface area contributed by atoms with Crippen LogP contribution in [0.25, 0.3) is 0 Å². The minimum Gasteiger partial charge on any atom is -0.496 e. The molecule has 1 N–H and O–H groups in total. The standard InChI is InChI=1S/C24H25ClN2O5S/c1-27(33(29,30)21-11-9-20(25)10-12-21)16-19-14-17(8-13-23(19)32-3)24(28)26-15-18-6-4-5-7-22(18)31-2/h4-14H,15-16H2,1-3H3,(H,26,28). The van der Waals surface area contributed by atoms with Crippen molar-refractivity contribution in [2.24, 2.45) is 0 Å². The number of sulfonamides is 1. The maximum Gasteiger partial charge on any atom is 0.251 e. The Balaban J connectivity index is 1.78. The topological polar surface area (TPSA) is 84.9 Å². The van der Waals surface area contributed by atoms with E-state index in [9.17, 15) is 13.2 Å². The van der Waals surface area contributed by atoms with Gasteiger partial charge in [-0.15, -0.1) is 0 Å². The van der Waals surface area contributed by atoms with Crippen molar-refractivity contribution in [1.29, 1.82) is 0 Å². The van der Waals surface area contributed by atoms with Gasteiger partial charge in [0.05, 0.1) is 19.1 Å². The summed E-state index contributed by atoms with van der Waals surface area (Å²) in [6.07, 6.45) is 0. The number of amides is 1. The van der Waals surface area contributed by atoms with Crippen LogP contribution < -0.4 is 14.8 Å². The molecule has 0 aliphatic rings. The summed E-state index contributed by atoms with van der Waals surface area (Å²) in [5, 5.41) is 3.31. The molecule has 0 spiro atoms. The Bertz CT molecular complexity index is 1230. The summed E-state index contributed by atoms with van der Waals surface area (Å²) >= 11 is 5.87. The van der Waals surface area contributed by atoms with E-state index < -0.39 is 10.0 Å². The smallest absolute Gasteiger partial charge is 0.251 e. The van der Waals surface area contributed by atoms with Crippen LogP contribution in [0.15, 0.2) is 71.6 Å². The lowest BCUT2D eigenvalue weighted by atomic mass is 10.1. The van der Waals surface area contributed by atoms with E-state index in [2.05, 4.69) is 5.32 Å². The molecule has 0 bridgehead atoms. The van der Waals surface area contributed by atoms with E-state index in [1.807, 2.05) is 24.3 Å². The van der Waals surface area contributed by atoms with E-state index in [0.29, 0.717) is 27.6 Å². The first-order valence-corrected chi connectivity index (χ1v) is 11.9. The number of methoxy groups -OCH3 is 2. The number of nitrogens with one attached hydrogen (secondary N) is 1. The van der Waals surface area contributed by atoms with Gasteiger partial charge in [-0.05, 0) is 48.5 Å². The van der Waals surface area contributed by atoms with Crippen LogP contribution >= 0.6 is 11.6 Å². The molecule has 3 aromatic rings. The zero-order valence-corrected chi connectivity index (χ0v) is 20.1. The van der Waals surface area contributed by atoms with Gasteiger partial charge in [-0.2, -0.15) is 4.31 Å². The molecule has 0 unspecified atom stereocenters. The molecule has 0 heterocycles. The van der Waals surface area contributed by atoms with Crippen LogP contribution in [-0.2, 0) is 23.1 Å². The third-order valence-corrected chi connectivity index (χ3v) is 7.16. The van der Waals surface area contributed by atoms with Crippen molar-refractivity contribution in [2.45, 2.75) is 18.0 Å². The second kappa shape index (κ2) is 10.7. The molecule has 7 nitrogen and oxygen atoms in total. The van der Waals surface area contributed by atoms with E-state index >= 15 is 0 Å². The third kappa shape index (κ3) is 5.84. The number of ether oxygens (including phenoxy) is 2. The largest absolute Gasteiger partial charge is 0.496 e. The average molecular weight is 489 g/mol. The van der Waals surface area contributed by atoms with Crippen molar-refractivity contribution in [3.05, 3.63) is 88.4 Å². The number of carbonyl (C=O) groups is 1. The lowest BCUT2D eigenvalue weighted by molar-refractivity contribution is 0.0950. The molecule has 0 aliphatic heterocycles. The van der Waals surface area contributed by atoms with Gasteiger partial charge in [0.15, 0.2) is 0 Å². The fourth-order valence-corrected chi connectivity index (χ4v) is 4.56. The van der Waals surface area contributed by atoms with Gasteiger partial charge >= 0.3 is 0 Å². The molecule has 0 saturated heterocycles. The molecule has 0 aliphatic carbocycles. The molecular formula is C24H25ClN2O5S. The molecule has 0 aromatic heterocycles. The van der Waals surface area contributed by atoms with Gasteiger partial charge in [0.1, 0.15) is 11.5 Å². The Kier molecular flexibility index (Phi) is 7.97. The molecule has 1 amide bonds. The van der Waals surface area contributed by atoms with Crippen LogP contribution in [0.2, 0.25) is 5.02 Å². The van der Waals surface area contributed by atoms with E-state index in [4.69, 9.17) is 21.1 Å². The molecule has 0 fully saturated rings. The van der Waals surface area contributed by atoms with Crippen LogP contribution in [-0.4, -0.2) is 39.9 Å². The highest BCUT2D eigenvalue weighted by Gasteiger charge is 2.22. The molecule has 0 saturated carbocycles. The predicted octanol–water partition coefficient (Wildman–Crippen LogP) is 4.11. The molecule has 9 heteroatoms. The first-order valence-electron chi connectivity index (χ1n) is 10.0. The monoisotopic (exact) mass is 488 g/mol. The highest BCUT2D eigenvalue weighted by atomic mass is 35.5. The molecule has 3 aromatic carbocycles. The number of carbonyl (C=O) groups excluding carboxylic acids is 1. The predicted molar refractivity (Wildman–Crippen MR) is 127 cm³/mol. The number of rotatable bonds is 9. The Labute approximate surface area is 198 Å². The van der Waals surface area contributed by atoms with E-state index in [-0.39, 0.29) is 23.9 Å². The number of para-hydroxylation sites is 1. The summed E-state index contributed by atoms with van der Waals surface area (Å²) in [6, 6.07) is 18.3. The van der Waals surface area contributed by atoms with Crippen LogP contribution in [0.3, 0.4) is 0 Å². The van der Waals surface area contributed by atoms with Crippen LogP contribution in [0.4, 0.5) is 0 Å². The number of hydrogen-bond donors (Lipinski definition) is 1. The van der Waals surface area contributed by atoms with E-state index in [1.165, 1.54) is 42.7 Å². The van der Waals surface area contributed by atoms with Gasteiger partial charge in [0.2, 0.25) is 10.0 Å². The minimum atomic E-state index is -3.76. The van der Waals surface area contributed by atoms with Gasteiger partial charge in [0.25, 0.3) is 5.91 Å². The van der Waals surface area contributed by atoms with Gasteiger partial charge < -0.3 is 14.8 Å². The van der Waals surface area contributed by atoms with Crippen molar-refractivity contribution in [1.82, 2.24) is 9.62 Å². The number of halogens is 1. The second-order valence-electron chi connectivity index (χ2n) is 7.24. The maximum absolute atomic E-state index is 12.9. The average Bonchev–Trinajstić information content (AvgIpc) is 2.82. The van der Waals surface area contributed by atoms with Crippen LogP contribution in [0.1, 0.15) is 21.5 Å². The first kappa shape index (κ1) is 24.6. The Morgan fingerprint density at radius 1 is 0.939 bits per heavy atom. The summed E-state index contributed by atoms with van der Waals surface area (Å²) in [7, 11) is 0.777. The number of nitrogens with zero attached hydrogens (tertiary/aromatic N) is 1. The molecule has 33 heavy (non-hydrogen) atoms. The van der Waals surface area contributed by atoms with Crippen molar-refractivity contribution in [3.8, 4) is 11.5 Å². The van der Waals surface area contributed by atoms with E-state index in [1.54, 1.807) is 25.3 Å². The quantitative estimate of drug-likeness (QED) is 0.490. The van der Waals surface area contributed by atoms with Crippen LogP contribution in [0, 0.1) is 0 Å². The van der Waals surface area contributed by atoms with Gasteiger partial charge in [-0.1, -0.05) is 29.8 Å². The van der Waals surface area contributed by atoms with Crippen molar-refractivity contribution in [3.63, 3.8) is 0 Å². The maximum atomic E-state index is 12.9. The number of benzene rings is 3. The molecule has 3 rings (SSSR count). The highest BCUT2D eigenvalue weighted by Crippen LogP contribution is 2.25. The SMILES string of the molecule is COc1ccccc1CNC(=O)c1ccc(OC)c(CN(C)S(=O)(=O)c2ccc(Cl)cc2)c1. The molecule has 0 radical (unpaired) electrons. The fraction of sp³-hybridized carbons (Fsp3) is 0.208. The normalized spacial score (nSPS) is 11.3. The summed E-state index contributed by atoms with van der Waals surface area (Å²) < 4.78 is 37.8. The summed E-state index contributed by atoms with van der Waals surface area (Å²) in [5.74, 6) is 0.865. The summed E-state index contributed by atoms with van der Waals surface area (Å²) in [6.45, 7) is 0.302. The third-order valence-electron chi connectivity index (χ3n) is 5.09. The first-order chi connectivity index (χ1) is 15.8. The molecular weight excluding hydrogens is 464 g/mol. The minimum absolute atomic E-state index is 0.0156. The lowest BCUT2D eigenvalue weighted by Crippen LogP contribution is -2.27. The lowest BCUT2D eigenvalue weighted by Gasteiger charge is -2.19. The summed E-state index contributed by atoms with van der Waals surface area (Å²) in [4.78, 5) is 12.9. The summed E-state index contributed by atoms with van der Waals surface area (Å²) in [5.41, 5.74) is 1.79. The molecule has 0 atom stereocenters. The molecule has 174 valence electrons. The zero-order valence-electron chi connectivity index (χ0n) is 18.5. The van der Waals surface area contributed by atoms with Gasteiger partial charge in [0, 0.05) is 41.9 Å². The zero-order chi connectivity index (χ0) is 24.0. The van der Waals surface area contributed by atoms with Gasteiger partial charge in [-0.3, -0.25) is 4.79 Å². The Morgan fingerprint density at radius 3 is 2.24 bits per heavy atom. The van der Waals surface area contributed by atoms with Crippen molar-refractivity contribution >= 4 is 27.5 Å². The van der Waals surface area contributed by atoms with Crippen molar-refractivity contribution < 1.29 is 22.7 Å². The Morgan fingerprint density at radius 2 is 1.58 bits per heavy atom. The number of hydrogen-bond acceptors (Lipinski definition) is 5. The van der Waals surface area contributed by atoms with Gasteiger partial charge in [-0.25, -0.2) is 8.42 Å². The highest BCUT2D eigenvalue weighted by molar-refractivity contribution is 7.89. The van der Waals surface area contributed by atoms with E-state index in [0.717, 1.165) is 5.56 Å². The fourth-order valence-electron chi connectivity index (χ4n) is 3.28. The van der Waals surface area contributed by atoms with Crippen LogP contribution in [0.5, 0.6) is 11.5 Å². The second-order valence-corrected chi connectivity index (χ2v) is 9.72. The van der Waals surface area contributed by atoms with Crippen molar-refractivity contribution in [2.75, 3.05) is 21.3 Å². The Hall–Kier alpha value is -3.07.